The maximum atomic E-state index is 12.4. The number of hydrogen-bond donors (Lipinski definition) is 1. The number of halogens is 1. The average Bonchev–Trinajstić information content (AvgIpc) is 2.45. The molecule has 0 atom stereocenters. The summed E-state index contributed by atoms with van der Waals surface area (Å²) < 4.78 is 25.2. The number of carbonyl (C=O) groups excluding carboxylic acids is 1. The van der Waals surface area contributed by atoms with Gasteiger partial charge in [0.1, 0.15) is 5.75 Å². The second-order valence-corrected chi connectivity index (χ2v) is 8.42. The van der Waals surface area contributed by atoms with Crippen molar-refractivity contribution in [3.63, 3.8) is 0 Å². The molecule has 0 aromatic heterocycles. The van der Waals surface area contributed by atoms with Gasteiger partial charge >= 0.3 is 0 Å². The van der Waals surface area contributed by atoms with Crippen LogP contribution < -0.4 is 0 Å². The zero-order valence-electron chi connectivity index (χ0n) is 12.5. The van der Waals surface area contributed by atoms with E-state index in [0.717, 1.165) is 0 Å². The number of amides is 1. The lowest BCUT2D eigenvalue weighted by molar-refractivity contribution is 0.0683. The molecule has 0 radical (unpaired) electrons. The highest BCUT2D eigenvalue weighted by atomic mass is 79.9. The van der Waals surface area contributed by atoms with Crippen LogP contribution in [0.3, 0.4) is 0 Å². The van der Waals surface area contributed by atoms with Crippen molar-refractivity contribution in [3.8, 4) is 5.75 Å². The fraction of sp³-hybridized carbons (Fsp3) is 0.500. The molecule has 1 aliphatic rings. The minimum Gasteiger partial charge on any atom is -0.507 e. The molecule has 0 saturated carbocycles. The normalized spacial score (nSPS) is 17.0. The molecule has 1 heterocycles. The molecule has 1 N–H and O–H groups in total. The lowest BCUT2D eigenvalue weighted by Crippen LogP contribution is -2.47. The molecule has 8 heteroatoms. The summed E-state index contributed by atoms with van der Waals surface area (Å²) in [5, 5.41) is 9.87. The fourth-order valence-corrected chi connectivity index (χ4v) is 3.66. The minimum absolute atomic E-state index is 0.0604. The molecular formula is C14H19BrN2O4S. The van der Waals surface area contributed by atoms with E-state index in [2.05, 4.69) is 15.9 Å². The standard InChI is InChI=1S/C14H19BrN2O4S/c1-16(22(2,20)21)11-5-7-17(8-6-11)14(19)12-4-3-10(15)9-13(12)18/h3-4,9,11,18H,5-8H2,1-2H3. The van der Waals surface area contributed by atoms with Crippen LogP contribution >= 0.6 is 15.9 Å². The number of hydrogen-bond acceptors (Lipinski definition) is 4. The van der Waals surface area contributed by atoms with Crippen LogP contribution in [0.5, 0.6) is 5.75 Å². The van der Waals surface area contributed by atoms with E-state index in [1.807, 2.05) is 0 Å². The van der Waals surface area contributed by atoms with E-state index in [1.54, 1.807) is 24.1 Å². The molecule has 0 spiro atoms. The zero-order chi connectivity index (χ0) is 16.5. The van der Waals surface area contributed by atoms with Gasteiger partial charge in [-0.15, -0.1) is 0 Å². The second kappa shape index (κ2) is 6.55. The average molecular weight is 391 g/mol. The number of likely N-dealkylation sites (tertiary alicyclic amines) is 1. The molecule has 0 aliphatic carbocycles. The highest BCUT2D eigenvalue weighted by Crippen LogP contribution is 2.25. The predicted octanol–water partition coefficient (Wildman–Crippen LogP) is 1.65. The van der Waals surface area contributed by atoms with E-state index in [-0.39, 0.29) is 23.3 Å². The number of phenols is 1. The van der Waals surface area contributed by atoms with Crippen molar-refractivity contribution in [2.24, 2.45) is 0 Å². The summed E-state index contributed by atoms with van der Waals surface area (Å²) >= 11 is 3.24. The molecule has 1 aromatic carbocycles. The Morgan fingerprint density at radius 3 is 2.45 bits per heavy atom. The maximum Gasteiger partial charge on any atom is 0.257 e. The molecule has 0 bridgehead atoms. The predicted molar refractivity (Wildman–Crippen MR) is 87.3 cm³/mol. The number of aromatic hydroxyl groups is 1. The van der Waals surface area contributed by atoms with Crippen LogP contribution in [-0.4, -0.2) is 61.1 Å². The number of benzene rings is 1. The third kappa shape index (κ3) is 3.80. The fourth-order valence-electron chi connectivity index (χ4n) is 2.56. The first-order valence-electron chi connectivity index (χ1n) is 6.91. The summed E-state index contributed by atoms with van der Waals surface area (Å²) in [5.41, 5.74) is 0.262. The summed E-state index contributed by atoms with van der Waals surface area (Å²) in [6, 6.07) is 4.68. The summed E-state index contributed by atoms with van der Waals surface area (Å²) in [6.45, 7) is 0.942. The number of carbonyl (C=O) groups is 1. The van der Waals surface area contributed by atoms with E-state index >= 15 is 0 Å². The minimum atomic E-state index is -3.22. The van der Waals surface area contributed by atoms with Crippen LogP contribution in [0, 0.1) is 0 Å². The smallest absolute Gasteiger partial charge is 0.257 e. The van der Waals surface area contributed by atoms with Gasteiger partial charge in [-0.25, -0.2) is 12.7 Å². The molecular weight excluding hydrogens is 372 g/mol. The van der Waals surface area contributed by atoms with Gasteiger partial charge in [-0.3, -0.25) is 4.79 Å². The molecule has 1 amide bonds. The second-order valence-electron chi connectivity index (χ2n) is 5.46. The molecule has 122 valence electrons. The van der Waals surface area contributed by atoms with Crippen LogP contribution in [0.4, 0.5) is 0 Å². The largest absolute Gasteiger partial charge is 0.507 e. The molecule has 22 heavy (non-hydrogen) atoms. The summed E-state index contributed by atoms with van der Waals surface area (Å²) in [7, 11) is -1.65. The number of sulfonamides is 1. The van der Waals surface area contributed by atoms with Crippen LogP contribution in [0.15, 0.2) is 22.7 Å². The van der Waals surface area contributed by atoms with Crippen LogP contribution in [0.2, 0.25) is 0 Å². The van der Waals surface area contributed by atoms with E-state index in [1.165, 1.54) is 16.6 Å². The molecule has 1 saturated heterocycles. The van der Waals surface area contributed by atoms with Gasteiger partial charge in [-0.05, 0) is 31.0 Å². The van der Waals surface area contributed by atoms with E-state index in [9.17, 15) is 18.3 Å². The topological polar surface area (TPSA) is 77.9 Å². The number of phenolic OH excluding ortho intramolecular Hbond substituents is 1. The van der Waals surface area contributed by atoms with Crippen molar-refractivity contribution in [2.45, 2.75) is 18.9 Å². The molecule has 1 aromatic rings. The Kier molecular flexibility index (Phi) is 5.14. The number of piperidine rings is 1. The van der Waals surface area contributed by atoms with Crippen molar-refractivity contribution in [2.75, 3.05) is 26.4 Å². The van der Waals surface area contributed by atoms with Crippen LogP contribution in [0.1, 0.15) is 23.2 Å². The first-order chi connectivity index (χ1) is 10.2. The number of nitrogens with zero attached hydrogens (tertiary/aromatic N) is 2. The van der Waals surface area contributed by atoms with Crippen LogP contribution in [-0.2, 0) is 10.0 Å². The molecule has 1 fully saturated rings. The number of rotatable bonds is 3. The van der Waals surface area contributed by atoms with Crippen molar-refractivity contribution < 1.29 is 18.3 Å². The third-order valence-corrected chi connectivity index (χ3v) is 5.82. The van der Waals surface area contributed by atoms with Gasteiger partial charge in [-0.2, -0.15) is 0 Å². The maximum absolute atomic E-state index is 12.4. The highest BCUT2D eigenvalue weighted by Gasteiger charge is 2.30. The van der Waals surface area contributed by atoms with Crippen LogP contribution in [0.25, 0.3) is 0 Å². The Morgan fingerprint density at radius 1 is 1.36 bits per heavy atom. The monoisotopic (exact) mass is 390 g/mol. The zero-order valence-corrected chi connectivity index (χ0v) is 14.9. The quantitative estimate of drug-likeness (QED) is 0.850. The SMILES string of the molecule is CN(C1CCN(C(=O)c2ccc(Br)cc2O)CC1)S(C)(=O)=O. The van der Waals surface area contributed by atoms with Gasteiger partial charge in [0.25, 0.3) is 5.91 Å². The van der Waals surface area contributed by atoms with Gasteiger partial charge < -0.3 is 10.0 Å². The lowest BCUT2D eigenvalue weighted by Gasteiger charge is -2.35. The van der Waals surface area contributed by atoms with Gasteiger partial charge in [0.2, 0.25) is 10.0 Å². The summed E-state index contributed by atoms with van der Waals surface area (Å²) in [4.78, 5) is 14.1. The lowest BCUT2D eigenvalue weighted by atomic mass is 10.0. The third-order valence-electron chi connectivity index (χ3n) is 3.98. The summed E-state index contributed by atoms with van der Waals surface area (Å²) in [6.07, 6.45) is 2.36. The van der Waals surface area contributed by atoms with Crippen molar-refractivity contribution >= 4 is 31.9 Å². The molecule has 6 nitrogen and oxygen atoms in total. The van der Waals surface area contributed by atoms with E-state index in [4.69, 9.17) is 0 Å². The van der Waals surface area contributed by atoms with Gasteiger partial charge in [-0.1, -0.05) is 15.9 Å². The van der Waals surface area contributed by atoms with Crippen molar-refractivity contribution in [3.05, 3.63) is 28.2 Å². The first-order valence-corrected chi connectivity index (χ1v) is 9.55. The van der Waals surface area contributed by atoms with Gasteiger partial charge in [0.05, 0.1) is 11.8 Å². The molecule has 2 rings (SSSR count). The van der Waals surface area contributed by atoms with E-state index < -0.39 is 10.0 Å². The Balaban J connectivity index is 2.04. The van der Waals surface area contributed by atoms with Gasteiger partial charge in [0.15, 0.2) is 0 Å². The Labute approximate surface area is 138 Å². The van der Waals surface area contributed by atoms with Gasteiger partial charge in [0, 0.05) is 30.7 Å². The van der Waals surface area contributed by atoms with E-state index in [0.29, 0.717) is 30.4 Å². The highest BCUT2D eigenvalue weighted by molar-refractivity contribution is 9.10. The Hall–Kier alpha value is -1.12. The Morgan fingerprint density at radius 2 is 1.95 bits per heavy atom. The van der Waals surface area contributed by atoms with Crippen molar-refractivity contribution in [1.29, 1.82) is 0 Å². The molecule has 0 unspecified atom stereocenters. The summed E-state index contributed by atoms with van der Waals surface area (Å²) in [5.74, 6) is -0.291. The Bertz CT molecular complexity index is 669. The molecule has 1 aliphatic heterocycles. The van der Waals surface area contributed by atoms with Crippen molar-refractivity contribution in [1.82, 2.24) is 9.21 Å². The first kappa shape index (κ1) is 17.2.